The first-order chi connectivity index (χ1) is 3.39. The molecule has 48 valence electrons. The van der Waals surface area contributed by atoms with Crippen molar-refractivity contribution in [1.29, 1.82) is 0 Å². The van der Waals surface area contributed by atoms with Gasteiger partial charge in [-0.1, -0.05) is 0 Å². The molecule has 0 amide bonds. The van der Waals surface area contributed by atoms with Crippen LogP contribution in [0.15, 0.2) is 4.99 Å². The van der Waals surface area contributed by atoms with Crippen LogP contribution in [0.25, 0.3) is 0 Å². The molecule has 0 saturated heterocycles. The minimum atomic E-state index is 0. The summed E-state index contributed by atoms with van der Waals surface area (Å²) in [5.41, 5.74) is 5.38. The van der Waals surface area contributed by atoms with Crippen LogP contribution in [0.5, 0.6) is 0 Å². The van der Waals surface area contributed by atoms with E-state index in [4.69, 9.17) is 5.73 Å². The molecule has 0 aromatic carbocycles. The predicted molar refractivity (Wildman–Crippen MR) is 31.5 cm³/mol. The Hall–Kier alpha value is -0.240. The predicted octanol–water partition coefficient (Wildman–Crippen LogP) is -2.36. The minimum Gasteiger partial charge on any atom is -1.00 e. The third-order valence-corrected chi connectivity index (χ3v) is 1.16. The Bertz CT molecular complexity index is 95.0. The average molecular weight is 135 g/mol. The fraction of sp³-hybridized carbons (Fsp3) is 0.800. The molecule has 0 aliphatic carbocycles. The Morgan fingerprint density at radius 1 is 1.50 bits per heavy atom. The Labute approximate surface area is 57.1 Å². The molecule has 1 rings (SSSR count). The van der Waals surface area contributed by atoms with Crippen molar-refractivity contribution in [3.63, 3.8) is 0 Å². The summed E-state index contributed by atoms with van der Waals surface area (Å²) in [6.07, 6.45) is 3.47. The van der Waals surface area contributed by atoms with Gasteiger partial charge in [0.05, 0.1) is 5.84 Å². The van der Waals surface area contributed by atoms with Gasteiger partial charge >= 0.3 is 1.43 Å². The van der Waals surface area contributed by atoms with Gasteiger partial charge in [-0.3, -0.25) is 4.99 Å². The Morgan fingerprint density at radius 3 is 2.50 bits per heavy atom. The summed E-state index contributed by atoms with van der Waals surface area (Å²) < 4.78 is 0. The largest absolute Gasteiger partial charge is 1.00 e. The molecular weight excluding hydrogens is 124 g/mol. The van der Waals surface area contributed by atoms with Crippen LogP contribution in [0.4, 0.5) is 0 Å². The van der Waals surface area contributed by atoms with Crippen LogP contribution in [0.3, 0.4) is 0 Å². The number of aliphatic imine (C=N–C) groups is 1. The number of hydrogen-bond acceptors (Lipinski definition) is 2. The maximum absolute atomic E-state index is 5.38. The summed E-state index contributed by atoms with van der Waals surface area (Å²) in [7, 11) is 0. The van der Waals surface area contributed by atoms with Crippen molar-refractivity contribution in [2.45, 2.75) is 19.3 Å². The lowest BCUT2D eigenvalue weighted by Crippen LogP contribution is -3.00. The topological polar surface area (TPSA) is 38.4 Å². The Balaban J connectivity index is 0. The average Bonchev–Trinajstić information content (AvgIpc) is 1.69. The molecule has 0 bridgehead atoms. The first kappa shape index (κ1) is 7.76. The van der Waals surface area contributed by atoms with Crippen molar-refractivity contribution in [2.75, 3.05) is 6.54 Å². The van der Waals surface area contributed by atoms with Crippen LogP contribution < -0.4 is 18.1 Å². The molecule has 2 N–H and O–H groups in total. The van der Waals surface area contributed by atoms with Crippen molar-refractivity contribution < 1.29 is 13.8 Å². The van der Waals surface area contributed by atoms with Crippen LogP contribution in [0.1, 0.15) is 20.7 Å². The van der Waals surface area contributed by atoms with E-state index in [1.807, 2.05) is 0 Å². The first-order valence-electron chi connectivity index (χ1n) is 2.68. The number of amidine groups is 1. The molecule has 0 aromatic heterocycles. The highest BCUT2D eigenvalue weighted by Gasteiger charge is 1.97. The molecule has 1 aliphatic rings. The molecule has 1 aliphatic heterocycles. The third kappa shape index (κ3) is 2.17. The summed E-state index contributed by atoms with van der Waals surface area (Å²) in [6.45, 7) is 0.950. The number of rotatable bonds is 0. The smallest absolute Gasteiger partial charge is 1.00 e. The van der Waals surface area contributed by atoms with E-state index in [-0.39, 0.29) is 13.8 Å². The van der Waals surface area contributed by atoms with Crippen molar-refractivity contribution in [1.82, 2.24) is 0 Å². The molecule has 0 atom stereocenters. The monoisotopic (exact) mass is 134 g/mol. The van der Waals surface area contributed by atoms with Crippen LogP contribution in [-0.4, -0.2) is 12.4 Å². The van der Waals surface area contributed by atoms with E-state index in [0.717, 1.165) is 18.8 Å². The van der Waals surface area contributed by atoms with Crippen molar-refractivity contribution >= 4 is 5.84 Å². The molecule has 0 unspecified atom stereocenters. The zero-order valence-corrected chi connectivity index (χ0v) is 5.49. The van der Waals surface area contributed by atoms with Gasteiger partial charge in [0.25, 0.3) is 0 Å². The highest BCUT2D eigenvalue weighted by molar-refractivity contribution is 5.80. The summed E-state index contributed by atoms with van der Waals surface area (Å²) >= 11 is 0. The lowest BCUT2D eigenvalue weighted by molar-refractivity contribution is -0.00000171. The van der Waals surface area contributed by atoms with Crippen LogP contribution in [0.2, 0.25) is 0 Å². The van der Waals surface area contributed by atoms with E-state index in [9.17, 15) is 0 Å². The van der Waals surface area contributed by atoms with Gasteiger partial charge in [-0.15, -0.1) is 0 Å². The molecule has 0 fully saturated rings. The van der Waals surface area contributed by atoms with Crippen molar-refractivity contribution in [3.05, 3.63) is 0 Å². The van der Waals surface area contributed by atoms with Gasteiger partial charge in [-0.2, -0.15) is 0 Å². The maximum Gasteiger partial charge on any atom is 1.00 e. The van der Waals surface area contributed by atoms with Gasteiger partial charge in [0.15, 0.2) is 0 Å². The highest BCUT2D eigenvalue weighted by Crippen LogP contribution is 2.01. The second-order valence-electron chi connectivity index (χ2n) is 1.83. The third-order valence-electron chi connectivity index (χ3n) is 1.16. The summed E-state index contributed by atoms with van der Waals surface area (Å²) in [5.74, 6) is 0.839. The Kier molecular flexibility index (Phi) is 3.61. The highest BCUT2D eigenvalue weighted by atomic mass is 35.5. The number of nitrogens with two attached hydrogens (primary N) is 1. The van der Waals surface area contributed by atoms with Gasteiger partial charge in [-0.25, -0.2) is 0 Å². The second kappa shape index (κ2) is 3.72. The summed E-state index contributed by atoms with van der Waals surface area (Å²) in [4.78, 5) is 4.02. The molecule has 1 heterocycles. The lowest BCUT2D eigenvalue weighted by Gasteiger charge is -2.04. The van der Waals surface area contributed by atoms with E-state index in [2.05, 4.69) is 4.99 Å². The zero-order chi connectivity index (χ0) is 5.11. The first-order valence-corrected chi connectivity index (χ1v) is 2.68. The normalized spacial score (nSPS) is 18.8. The van der Waals surface area contributed by atoms with E-state index < -0.39 is 0 Å². The minimum absolute atomic E-state index is 0. The van der Waals surface area contributed by atoms with Gasteiger partial charge in [0.1, 0.15) is 0 Å². The second-order valence-corrected chi connectivity index (χ2v) is 1.83. The number of hydrogen-bond donors (Lipinski definition) is 1. The molecule has 8 heavy (non-hydrogen) atoms. The maximum atomic E-state index is 5.38. The van der Waals surface area contributed by atoms with Gasteiger partial charge in [0, 0.05) is 13.0 Å². The number of halogens is 1. The fourth-order valence-corrected chi connectivity index (χ4v) is 0.720. The number of nitrogens with zero attached hydrogens (tertiary/aromatic N) is 1. The van der Waals surface area contributed by atoms with Crippen molar-refractivity contribution in [3.8, 4) is 0 Å². The molecule has 0 radical (unpaired) electrons. The molecular formula is C5H11ClN2. The molecule has 0 spiro atoms. The fourth-order valence-electron chi connectivity index (χ4n) is 0.720. The van der Waals surface area contributed by atoms with Crippen LogP contribution in [0, 0.1) is 0 Å². The van der Waals surface area contributed by atoms with E-state index in [1.54, 1.807) is 0 Å². The van der Waals surface area contributed by atoms with Crippen LogP contribution >= 0.6 is 0 Å². The Morgan fingerprint density at radius 2 is 2.25 bits per heavy atom. The molecule has 3 heteroatoms. The standard InChI is InChI=1S/C5H10N2.ClH/c6-5-3-1-2-4-7-5;/h1-4H2,(H2,6,7);1H. The summed E-state index contributed by atoms with van der Waals surface area (Å²) in [6, 6.07) is 0. The van der Waals surface area contributed by atoms with Crippen molar-refractivity contribution in [2.24, 2.45) is 10.7 Å². The van der Waals surface area contributed by atoms with Gasteiger partial charge in [0.2, 0.25) is 0 Å². The van der Waals surface area contributed by atoms with Gasteiger partial charge in [-0.05, 0) is 12.8 Å². The van der Waals surface area contributed by atoms with Crippen LogP contribution in [-0.2, 0) is 0 Å². The van der Waals surface area contributed by atoms with Gasteiger partial charge < -0.3 is 18.1 Å². The SMILES string of the molecule is NC1=NCCCC1.[Cl-].[H+]. The lowest BCUT2D eigenvalue weighted by atomic mass is 10.2. The molecule has 0 aromatic rings. The van der Waals surface area contributed by atoms with E-state index in [1.165, 1.54) is 12.8 Å². The summed E-state index contributed by atoms with van der Waals surface area (Å²) in [5, 5.41) is 0. The molecule has 2 nitrogen and oxygen atoms in total. The van der Waals surface area contributed by atoms with E-state index >= 15 is 0 Å². The quantitative estimate of drug-likeness (QED) is 0.396. The molecule has 0 saturated carbocycles. The van der Waals surface area contributed by atoms with E-state index in [0.29, 0.717) is 0 Å². The zero-order valence-electron chi connectivity index (χ0n) is 5.73.